The summed E-state index contributed by atoms with van der Waals surface area (Å²) in [5.41, 5.74) is 1.76. The Kier molecular flexibility index (Phi) is 4.37. The number of rotatable bonds is 5. The highest BCUT2D eigenvalue weighted by Crippen LogP contribution is 2.22. The average molecular weight is 264 g/mol. The first-order valence-corrected chi connectivity index (χ1v) is 5.52. The normalized spacial score (nSPS) is 11.8. The molecule has 0 aliphatic carbocycles. The zero-order chi connectivity index (χ0) is 13.9. The standard InChI is InChI=1S/C11H15F3N2O2/c1-7-9(6-10(17)18)8(2)16(15-7)5-3-4-11(12,13)14/h3-6H2,1-2H3,(H,17,18). The highest BCUT2D eigenvalue weighted by Gasteiger charge is 2.26. The van der Waals surface area contributed by atoms with E-state index < -0.39 is 18.6 Å². The summed E-state index contributed by atoms with van der Waals surface area (Å²) in [7, 11) is 0. The number of aryl methyl sites for hydroxylation is 2. The van der Waals surface area contributed by atoms with Crippen molar-refractivity contribution in [2.24, 2.45) is 0 Å². The average Bonchev–Trinajstić information content (AvgIpc) is 2.43. The van der Waals surface area contributed by atoms with Crippen LogP contribution in [0.1, 0.15) is 29.8 Å². The van der Waals surface area contributed by atoms with Crippen LogP contribution >= 0.6 is 0 Å². The molecule has 4 nitrogen and oxygen atoms in total. The van der Waals surface area contributed by atoms with Gasteiger partial charge in [0.15, 0.2) is 0 Å². The van der Waals surface area contributed by atoms with E-state index in [0.29, 0.717) is 17.0 Å². The first-order valence-electron chi connectivity index (χ1n) is 5.52. The zero-order valence-electron chi connectivity index (χ0n) is 10.2. The van der Waals surface area contributed by atoms with Crippen molar-refractivity contribution in [3.8, 4) is 0 Å². The van der Waals surface area contributed by atoms with Gasteiger partial charge in [-0.3, -0.25) is 9.48 Å². The second-order valence-electron chi connectivity index (χ2n) is 4.16. The molecule has 0 fully saturated rings. The molecule has 0 aliphatic heterocycles. The van der Waals surface area contributed by atoms with Crippen molar-refractivity contribution in [3.63, 3.8) is 0 Å². The van der Waals surface area contributed by atoms with Crippen molar-refractivity contribution in [2.75, 3.05) is 0 Å². The number of carboxylic acid groups (broad SMARTS) is 1. The Morgan fingerprint density at radius 3 is 2.50 bits per heavy atom. The van der Waals surface area contributed by atoms with Gasteiger partial charge in [0.05, 0.1) is 12.1 Å². The fraction of sp³-hybridized carbons (Fsp3) is 0.636. The van der Waals surface area contributed by atoms with Gasteiger partial charge in [0, 0.05) is 24.2 Å². The molecule has 0 amide bonds. The number of carboxylic acids is 1. The second-order valence-corrected chi connectivity index (χ2v) is 4.16. The molecule has 7 heteroatoms. The number of nitrogens with zero attached hydrogens (tertiary/aromatic N) is 2. The second kappa shape index (κ2) is 5.41. The number of aromatic nitrogens is 2. The van der Waals surface area contributed by atoms with Crippen molar-refractivity contribution in [2.45, 2.75) is 45.8 Å². The SMILES string of the molecule is Cc1nn(CCCC(F)(F)F)c(C)c1CC(=O)O. The van der Waals surface area contributed by atoms with Crippen LogP contribution < -0.4 is 0 Å². The molecule has 0 saturated carbocycles. The topological polar surface area (TPSA) is 55.1 Å². The Morgan fingerprint density at radius 2 is 2.00 bits per heavy atom. The number of hydrogen-bond donors (Lipinski definition) is 1. The number of hydrogen-bond acceptors (Lipinski definition) is 2. The number of halogens is 3. The van der Waals surface area contributed by atoms with Gasteiger partial charge in [-0.1, -0.05) is 0 Å². The van der Waals surface area contributed by atoms with E-state index in [9.17, 15) is 18.0 Å². The highest BCUT2D eigenvalue weighted by molar-refractivity contribution is 5.70. The van der Waals surface area contributed by atoms with Crippen LogP contribution in [0.5, 0.6) is 0 Å². The summed E-state index contributed by atoms with van der Waals surface area (Å²) in [5, 5.41) is 12.8. The molecule has 1 aromatic rings. The summed E-state index contributed by atoms with van der Waals surface area (Å²) in [6.45, 7) is 3.48. The third kappa shape index (κ3) is 4.05. The van der Waals surface area contributed by atoms with Crippen molar-refractivity contribution in [1.29, 1.82) is 0 Å². The predicted molar refractivity (Wildman–Crippen MR) is 58.3 cm³/mol. The van der Waals surface area contributed by atoms with E-state index in [1.807, 2.05) is 0 Å². The highest BCUT2D eigenvalue weighted by atomic mass is 19.4. The molecule has 1 heterocycles. The quantitative estimate of drug-likeness (QED) is 0.888. The molecule has 1 N–H and O–H groups in total. The van der Waals surface area contributed by atoms with Crippen LogP contribution in [0.2, 0.25) is 0 Å². The molecule has 102 valence electrons. The summed E-state index contributed by atoms with van der Waals surface area (Å²) in [4.78, 5) is 10.6. The van der Waals surface area contributed by atoms with Crippen molar-refractivity contribution in [3.05, 3.63) is 17.0 Å². The molecule has 0 aliphatic rings. The minimum atomic E-state index is -4.17. The van der Waals surface area contributed by atoms with Crippen LogP contribution in [0.25, 0.3) is 0 Å². The first-order chi connectivity index (χ1) is 8.20. The van der Waals surface area contributed by atoms with Gasteiger partial charge in [-0.25, -0.2) is 0 Å². The molecule has 1 rings (SSSR count). The van der Waals surface area contributed by atoms with Crippen LogP contribution in [0.4, 0.5) is 13.2 Å². The van der Waals surface area contributed by atoms with E-state index in [0.717, 1.165) is 0 Å². The molecule has 0 atom stereocenters. The molecule has 0 radical (unpaired) electrons. The summed E-state index contributed by atoms with van der Waals surface area (Å²) < 4.78 is 37.5. The lowest BCUT2D eigenvalue weighted by Gasteiger charge is -2.07. The van der Waals surface area contributed by atoms with Crippen molar-refractivity contribution in [1.82, 2.24) is 9.78 Å². The minimum Gasteiger partial charge on any atom is -0.481 e. The van der Waals surface area contributed by atoms with Gasteiger partial charge in [0.2, 0.25) is 0 Å². The van der Waals surface area contributed by atoms with Crippen LogP contribution in [0, 0.1) is 13.8 Å². The lowest BCUT2D eigenvalue weighted by molar-refractivity contribution is -0.137. The predicted octanol–water partition coefficient (Wildman–Crippen LogP) is 2.47. The molecule has 1 aromatic heterocycles. The summed E-state index contributed by atoms with van der Waals surface area (Å²) >= 11 is 0. The summed E-state index contributed by atoms with van der Waals surface area (Å²) in [6.07, 6.45) is -5.24. The largest absolute Gasteiger partial charge is 0.481 e. The summed E-state index contributed by atoms with van der Waals surface area (Å²) in [6, 6.07) is 0. The van der Waals surface area contributed by atoms with Crippen molar-refractivity contribution < 1.29 is 23.1 Å². The van der Waals surface area contributed by atoms with E-state index >= 15 is 0 Å². The van der Waals surface area contributed by atoms with Crippen molar-refractivity contribution >= 4 is 5.97 Å². The Balaban J connectivity index is 2.70. The van der Waals surface area contributed by atoms with Gasteiger partial charge in [0.1, 0.15) is 0 Å². The van der Waals surface area contributed by atoms with Crippen LogP contribution in [-0.2, 0) is 17.8 Å². The van der Waals surface area contributed by atoms with E-state index in [-0.39, 0.29) is 19.4 Å². The molecular weight excluding hydrogens is 249 g/mol. The lowest BCUT2D eigenvalue weighted by Crippen LogP contribution is -2.11. The van der Waals surface area contributed by atoms with E-state index in [2.05, 4.69) is 5.10 Å². The van der Waals surface area contributed by atoms with Gasteiger partial charge < -0.3 is 5.11 Å². The maximum absolute atomic E-state index is 12.0. The summed E-state index contributed by atoms with van der Waals surface area (Å²) in [5.74, 6) is -0.976. The van der Waals surface area contributed by atoms with E-state index in [1.165, 1.54) is 4.68 Å². The third-order valence-corrected chi connectivity index (χ3v) is 2.69. The zero-order valence-corrected chi connectivity index (χ0v) is 10.2. The third-order valence-electron chi connectivity index (χ3n) is 2.69. The molecule has 0 spiro atoms. The minimum absolute atomic E-state index is 0.0576. The van der Waals surface area contributed by atoms with Gasteiger partial charge in [-0.2, -0.15) is 18.3 Å². The fourth-order valence-electron chi connectivity index (χ4n) is 1.79. The van der Waals surface area contributed by atoms with Gasteiger partial charge in [-0.15, -0.1) is 0 Å². The number of carbonyl (C=O) groups is 1. The first kappa shape index (κ1) is 14.5. The Hall–Kier alpha value is -1.53. The molecule has 0 saturated heterocycles. The van der Waals surface area contributed by atoms with Crippen LogP contribution in [0.15, 0.2) is 0 Å². The Morgan fingerprint density at radius 1 is 1.39 bits per heavy atom. The van der Waals surface area contributed by atoms with Crippen LogP contribution in [0.3, 0.4) is 0 Å². The molecular formula is C11H15F3N2O2. The maximum atomic E-state index is 12.0. The smallest absolute Gasteiger partial charge is 0.389 e. The lowest BCUT2D eigenvalue weighted by atomic mass is 10.1. The maximum Gasteiger partial charge on any atom is 0.389 e. The van der Waals surface area contributed by atoms with E-state index in [4.69, 9.17) is 5.11 Å². The number of aliphatic carboxylic acids is 1. The molecule has 0 unspecified atom stereocenters. The Labute approximate surface area is 102 Å². The van der Waals surface area contributed by atoms with Gasteiger partial charge in [-0.05, 0) is 20.3 Å². The molecule has 0 aromatic carbocycles. The Bertz CT molecular complexity index is 438. The van der Waals surface area contributed by atoms with Gasteiger partial charge in [0.25, 0.3) is 0 Å². The van der Waals surface area contributed by atoms with Gasteiger partial charge >= 0.3 is 12.1 Å². The molecule has 0 bridgehead atoms. The monoisotopic (exact) mass is 264 g/mol. The number of alkyl halides is 3. The fourth-order valence-corrected chi connectivity index (χ4v) is 1.79. The van der Waals surface area contributed by atoms with Crippen LogP contribution in [-0.4, -0.2) is 27.0 Å². The van der Waals surface area contributed by atoms with E-state index in [1.54, 1.807) is 13.8 Å². The molecule has 18 heavy (non-hydrogen) atoms.